The number of amidine groups is 1. The molecule has 0 aliphatic carbocycles. The van der Waals surface area contributed by atoms with Crippen molar-refractivity contribution in [2.75, 3.05) is 14.2 Å². The predicted octanol–water partition coefficient (Wildman–Crippen LogP) is 1.44. The van der Waals surface area contributed by atoms with E-state index in [2.05, 4.69) is 5.10 Å². The first-order valence-corrected chi connectivity index (χ1v) is 8.96. The average molecular weight is 406 g/mol. The first-order valence-electron chi connectivity index (χ1n) is 8.96. The number of hydrazine groups is 1. The van der Waals surface area contributed by atoms with Crippen LogP contribution in [0.25, 0.3) is 11.3 Å². The van der Waals surface area contributed by atoms with Gasteiger partial charge in [-0.05, 0) is 42.7 Å². The summed E-state index contributed by atoms with van der Waals surface area (Å²) >= 11 is 0. The smallest absolute Gasteiger partial charge is 0.265 e. The van der Waals surface area contributed by atoms with E-state index in [4.69, 9.17) is 22.0 Å². The van der Waals surface area contributed by atoms with Gasteiger partial charge in [0.1, 0.15) is 11.4 Å². The highest BCUT2D eigenvalue weighted by Gasteiger charge is 2.31. The molecule has 0 saturated carbocycles. The number of carbonyl (C=O) groups is 1. The molecule has 29 heavy (non-hydrogen) atoms. The lowest BCUT2D eigenvalue weighted by molar-refractivity contribution is 0.0227. The van der Waals surface area contributed by atoms with Crippen LogP contribution < -0.4 is 22.0 Å². The van der Waals surface area contributed by atoms with Crippen molar-refractivity contribution in [1.82, 2.24) is 9.69 Å². The molecule has 2 heterocycles. The summed E-state index contributed by atoms with van der Waals surface area (Å²) in [5.74, 6) is 2.53. The maximum Gasteiger partial charge on any atom is 0.265 e. The molecule has 1 aliphatic heterocycles. The third-order valence-electron chi connectivity index (χ3n) is 4.76. The number of halogens is 2. The van der Waals surface area contributed by atoms with Crippen LogP contribution in [0.2, 0.25) is 0 Å². The van der Waals surface area contributed by atoms with E-state index >= 15 is 0 Å². The van der Waals surface area contributed by atoms with E-state index in [1.54, 1.807) is 16.7 Å². The molecule has 2 aromatic rings. The number of hydrazone groups is 1. The predicted molar refractivity (Wildman–Crippen MR) is 106 cm³/mol. The Morgan fingerprint density at radius 1 is 1.34 bits per heavy atom. The van der Waals surface area contributed by atoms with E-state index < -0.39 is 18.3 Å². The van der Waals surface area contributed by atoms with Gasteiger partial charge in [-0.25, -0.2) is 19.7 Å². The third-order valence-corrected chi connectivity index (χ3v) is 4.76. The molecule has 1 aliphatic rings. The fourth-order valence-electron chi connectivity index (χ4n) is 3.70. The van der Waals surface area contributed by atoms with Crippen molar-refractivity contribution in [3.05, 3.63) is 40.6 Å². The quantitative estimate of drug-likeness (QED) is 0.290. The average Bonchev–Trinajstić information content (AvgIpc) is 2.97. The number of primary amides is 1. The number of hydrogen-bond acceptors (Lipinski definition) is 5. The molecule has 156 valence electrons. The number of hydrogen-bond donors (Lipinski definition) is 3. The number of amides is 1. The van der Waals surface area contributed by atoms with Gasteiger partial charge in [0.05, 0.1) is 18.4 Å². The Balaban J connectivity index is 2.27. The molecule has 0 unspecified atom stereocenters. The summed E-state index contributed by atoms with van der Waals surface area (Å²) in [4.78, 5) is 11.9. The molecule has 0 saturated heterocycles. The maximum atomic E-state index is 13.8. The van der Waals surface area contributed by atoms with Gasteiger partial charge >= 0.3 is 0 Å². The molecule has 0 radical (unpaired) electrons. The number of ether oxygens (including phenoxy) is 1. The van der Waals surface area contributed by atoms with E-state index in [9.17, 15) is 13.6 Å². The highest BCUT2D eigenvalue weighted by molar-refractivity contribution is 6.01. The fraction of sp³-hybridized carbons (Fsp3) is 0.368. The van der Waals surface area contributed by atoms with Crippen LogP contribution in [-0.2, 0) is 19.4 Å². The Kier molecular flexibility index (Phi) is 5.22. The van der Waals surface area contributed by atoms with Gasteiger partial charge in [-0.3, -0.25) is 4.79 Å². The molecular formula is C19H24F2N6O2. The van der Waals surface area contributed by atoms with Crippen molar-refractivity contribution >= 4 is 11.7 Å². The van der Waals surface area contributed by atoms with Gasteiger partial charge in [-0.15, -0.1) is 5.10 Å². The van der Waals surface area contributed by atoms with Crippen LogP contribution >= 0.6 is 0 Å². The summed E-state index contributed by atoms with van der Waals surface area (Å²) in [5, 5.41) is 5.06. The third kappa shape index (κ3) is 4.02. The number of fused-ring (bicyclic) bond motifs is 3. The summed E-state index contributed by atoms with van der Waals surface area (Å²) in [5.41, 5.74) is 14.7. The van der Waals surface area contributed by atoms with Gasteiger partial charge in [-0.2, -0.15) is 0 Å². The van der Waals surface area contributed by atoms with Crippen molar-refractivity contribution < 1.29 is 18.3 Å². The fourth-order valence-corrected chi connectivity index (χ4v) is 3.70. The van der Waals surface area contributed by atoms with Crippen molar-refractivity contribution in [1.29, 1.82) is 0 Å². The van der Waals surface area contributed by atoms with Gasteiger partial charge in [-0.1, -0.05) is 0 Å². The van der Waals surface area contributed by atoms with Crippen LogP contribution in [0.5, 0.6) is 5.75 Å². The van der Waals surface area contributed by atoms with Gasteiger partial charge in [0.25, 0.3) is 5.91 Å². The number of aromatic nitrogens is 1. The van der Waals surface area contributed by atoms with Crippen LogP contribution in [0.4, 0.5) is 8.78 Å². The van der Waals surface area contributed by atoms with Crippen LogP contribution in [-0.4, -0.2) is 41.5 Å². The zero-order valence-corrected chi connectivity index (χ0v) is 16.5. The van der Waals surface area contributed by atoms with Gasteiger partial charge in [0.2, 0.25) is 5.92 Å². The minimum Gasteiger partial charge on any atom is -0.496 e. The Morgan fingerprint density at radius 3 is 2.59 bits per heavy atom. The Morgan fingerprint density at radius 2 is 2.03 bits per heavy atom. The second-order valence-electron chi connectivity index (χ2n) is 7.18. The molecule has 0 bridgehead atoms. The largest absolute Gasteiger partial charge is 0.496 e. The highest BCUT2D eigenvalue weighted by Crippen LogP contribution is 2.40. The second-order valence-corrected chi connectivity index (χ2v) is 7.18. The highest BCUT2D eigenvalue weighted by atomic mass is 19.3. The van der Waals surface area contributed by atoms with E-state index in [1.165, 1.54) is 20.2 Å². The SMILES string of the molecule is COc1cc2c(cc1/C(N)=N/N(C)N)-c1c(CC(C)(F)F)cc(C(N)=O)n1CC2. The first-order chi connectivity index (χ1) is 13.5. The van der Waals surface area contributed by atoms with Crippen LogP contribution in [0.15, 0.2) is 23.3 Å². The standard InChI is InChI=1S/C19H24F2N6O2/c1-19(20,21)9-11-6-14(18(23)28)27-5-4-10-7-15(29-3)13(8-12(10)16(11)27)17(22)25-26(2)24/h6-8H,4-5,9,24H2,1-3H3,(H2,22,25)(H2,23,28). The van der Waals surface area contributed by atoms with Gasteiger partial charge in [0, 0.05) is 25.6 Å². The lowest BCUT2D eigenvalue weighted by Crippen LogP contribution is -2.26. The molecule has 0 spiro atoms. The van der Waals surface area contributed by atoms with Crippen molar-refractivity contribution in [3.8, 4) is 17.0 Å². The van der Waals surface area contributed by atoms with E-state index in [-0.39, 0.29) is 11.5 Å². The minimum atomic E-state index is -2.95. The normalized spacial score (nSPS) is 13.7. The Hall–Kier alpha value is -3.14. The number of carbonyl (C=O) groups excluding carboxylic acids is 1. The number of rotatable bonds is 6. The van der Waals surface area contributed by atoms with E-state index in [0.717, 1.165) is 17.6 Å². The van der Waals surface area contributed by atoms with Crippen molar-refractivity contribution in [2.45, 2.75) is 32.2 Å². The number of aryl methyl sites for hydroxylation is 1. The first kappa shape index (κ1) is 20.6. The molecule has 10 heteroatoms. The summed E-state index contributed by atoms with van der Waals surface area (Å²) in [6.45, 7) is 1.28. The topological polar surface area (TPSA) is 125 Å². The summed E-state index contributed by atoms with van der Waals surface area (Å²) in [7, 11) is 3.02. The summed E-state index contributed by atoms with van der Waals surface area (Å²) in [6.07, 6.45) is 0.0508. The molecule has 6 N–H and O–H groups in total. The summed E-state index contributed by atoms with van der Waals surface area (Å²) < 4.78 is 34.8. The van der Waals surface area contributed by atoms with Crippen LogP contribution in [0, 0.1) is 0 Å². The Labute approximate surface area is 166 Å². The van der Waals surface area contributed by atoms with Crippen molar-refractivity contribution in [2.24, 2.45) is 22.4 Å². The molecule has 1 aromatic carbocycles. The van der Waals surface area contributed by atoms with Gasteiger partial charge in [0.15, 0.2) is 5.84 Å². The molecule has 1 amide bonds. The van der Waals surface area contributed by atoms with Crippen LogP contribution in [0.1, 0.15) is 34.1 Å². The van der Waals surface area contributed by atoms with Crippen LogP contribution in [0.3, 0.4) is 0 Å². The second kappa shape index (κ2) is 7.36. The van der Waals surface area contributed by atoms with Gasteiger partial charge < -0.3 is 20.8 Å². The molecule has 0 atom stereocenters. The Bertz CT molecular complexity index is 992. The molecule has 3 rings (SSSR count). The maximum absolute atomic E-state index is 13.8. The molecule has 1 aromatic heterocycles. The number of nitrogens with zero attached hydrogens (tertiary/aromatic N) is 3. The van der Waals surface area contributed by atoms with E-state index in [1.807, 2.05) is 0 Å². The minimum absolute atomic E-state index is 0.107. The number of nitrogens with two attached hydrogens (primary N) is 3. The zero-order valence-electron chi connectivity index (χ0n) is 16.5. The number of alkyl halides is 2. The lowest BCUT2D eigenvalue weighted by Gasteiger charge is -2.24. The lowest BCUT2D eigenvalue weighted by atomic mass is 9.92. The van der Waals surface area contributed by atoms with E-state index in [0.29, 0.717) is 41.1 Å². The molecule has 0 fully saturated rings. The number of methoxy groups -OCH3 is 1. The van der Waals surface area contributed by atoms with Crippen molar-refractivity contribution in [3.63, 3.8) is 0 Å². The number of benzene rings is 1. The summed E-state index contributed by atoms with van der Waals surface area (Å²) in [6, 6.07) is 4.97. The zero-order chi connectivity index (χ0) is 21.5. The monoisotopic (exact) mass is 406 g/mol. The molecular weight excluding hydrogens is 382 g/mol. The molecule has 8 nitrogen and oxygen atoms in total.